The predicted molar refractivity (Wildman–Crippen MR) is 173 cm³/mol. The van der Waals surface area contributed by atoms with Gasteiger partial charge in [0.05, 0.1) is 36.7 Å². The SMILES string of the molecule is C=CCc1cc(C=Nn2c(-c3cc4c(OC)cccc4o3)nc3ccccc3c2=O)cc(OC)c1OCc1ccc(Cl)cc1. The van der Waals surface area contributed by atoms with Crippen molar-refractivity contribution in [1.29, 1.82) is 0 Å². The van der Waals surface area contributed by atoms with Gasteiger partial charge in [0.2, 0.25) is 5.82 Å². The van der Waals surface area contributed by atoms with E-state index in [0.29, 0.717) is 63.1 Å². The highest BCUT2D eigenvalue weighted by molar-refractivity contribution is 6.30. The van der Waals surface area contributed by atoms with E-state index in [9.17, 15) is 4.79 Å². The first kappa shape index (κ1) is 28.8. The van der Waals surface area contributed by atoms with Crippen LogP contribution in [0, 0.1) is 0 Å². The number of halogens is 1. The second kappa shape index (κ2) is 12.5. The number of nitrogens with zero attached hydrogens (tertiary/aromatic N) is 3. The molecule has 44 heavy (non-hydrogen) atoms. The van der Waals surface area contributed by atoms with E-state index >= 15 is 0 Å². The number of aromatic nitrogens is 2. The zero-order chi connectivity index (χ0) is 30.6. The summed E-state index contributed by atoms with van der Waals surface area (Å²) >= 11 is 6.03. The third-order valence-corrected chi connectivity index (χ3v) is 7.32. The highest BCUT2D eigenvalue weighted by Crippen LogP contribution is 2.35. The Balaban J connectivity index is 1.43. The van der Waals surface area contributed by atoms with Crippen LogP contribution in [0.2, 0.25) is 5.02 Å². The molecule has 0 saturated heterocycles. The molecule has 0 radical (unpaired) electrons. The van der Waals surface area contributed by atoms with E-state index < -0.39 is 0 Å². The quantitative estimate of drug-likeness (QED) is 0.118. The van der Waals surface area contributed by atoms with Crippen molar-refractivity contribution < 1.29 is 18.6 Å². The van der Waals surface area contributed by atoms with Crippen LogP contribution in [0.1, 0.15) is 16.7 Å². The van der Waals surface area contributed by atoms with Gasteiger partial charge in [0.15, 0.2) is 17.3 Å². The molecule has 2 heterocycles. The van der Waals surface area contributed by atoms with Crippen molar-refractivity contribution in [2.45, 2.75) is 13.0 Å². The summed E-state index contributed by atoms with van der Waals surface area (Å²) < 4.78 is 24.8. The van der Waals surface area contributed by atoms with Crippen LogP contribution < -0.4 is 19.8 Å². The smallest absolute Gasteiger partial charge is 0.282 e. The van der Waals surface area contributed by atoms with Gasteiger partial charge < -0.3 is 18.6 Å². The molecule has 0 aliphatic carbocycles. The maximum atomic E-state index is 13.7. The molecule has 0 aliphatic heterocycles. The average Bonchev–Trinajstić information content (AvgIpc) is 3.49. The molecule has 0 bridgehead atoms. The molecule has 2 aromatic heterocycles. The average molecular weight is 606 g/mol. The number of allylic oxidation sites excluding steroid dienone is 1. The fourth-order valence-electron chi connectivity index (χ4n) is 4.95. The van der Waals surface area contributed by atoms with Crippen LogP contribution in [-0.2, 0) is 13.0 Å². The minimum Gasteiger partial charge on any atom is -0.496 e. The molecule has 0 fully saturated rings. The molecule has 6 rings (SSSR count). The second-order valence-electron chi connectivity index (χ2n) is 9.92. The molecule has 4 aromatic carbocycles. The van der Waals surface area contributed by atoms with E-state index in [2.05, 4.69) is 11.7 Å². The Morgan fingerprint density at radius 1 is 0.955 bits per heavy atom. The van der Waals surface area contributed by atoms with Crippen molar-refractivity contribution in [3.63, 3.8) is 0 Å². The van der Waals surface area contributed by atoms with Gasteiger partial charge in [-0.25, -0.2) is 4.98 Å². The van der Waals surface area contributed by atoms with Gasteiger partial charge in [-0.3, -0.25) is 4.79 Å². The molecule has 8 nitrogen and oxygen atoms in total. The third kappa shape index (κ3) is 5.67. The van der Waals surface area contributed by atoms with Crippen LogP contribution in [0.25, 0.3) is 33.5 Å². The van der Waals surface area contributed by atoms with Crippen LogP contribution in [0.3, 0.4) is 0 Å². The summed E-state index contributed by atoms with van der Waals surface area (Å²) in [6, 6.07) is 25.6. The molecule has 9 heteroatoms. The largest absolute Gasteiger partial charge is 0.496 e. The number of hydrogen-bond acceptors (Lipinski definition) is 7. The van der Waals surface area contributed by atoms with Crippen molar-refractivity contribution in [2.24, 2.45) is 5.10 Å². The number of furan rings is 1. The summed E-state index contributed by atoms with van der Waals surface area (Å²) in [7, 11) is 3.17. The predicted octanol–water partition coefficient (Wildman–Crippen LogP) is 7.67. The number of hydrogen-bond donors (Lipinski definition) is 0. The Morgan fingerprint density at radius 2 is 1.75 bits per heavy atom. The highest BCUT2D eigenvalue weighted by Gasteiger charge is 2.18. The van der Waals surface area contributed by atoms with E-state index in [1.54, 1.807) is 56.8 Å². The van der Waals surface area contributed by atoms with Crippen LogP contribution in [0.5, 0.6) is 17.2 Å². The number of ether oxygens (including phenoxy) is 3. The lowest BCUT2D eigenvalue weighted by Crippen LogP contribution is -2.20. The number of para-hydroxylation sites is 1. The zero-order valence-electron chi connectivity index (χ0n) is 24.1. The van der Waals surface area contributed by atoms with E-state index in [1.807, 2.05) is 54.6 Å². The number of methoxy groups -OCH3 is 2. The molecule has 6 aromatic rings. The van der Waals surface area contributed by atoms with Gasteiger partial charge in [-0.1, -0.05) is 48.0 Å². The normalized spacial score (nSPS) is 11.3. The van der Waals surface area contributed by atoms with Gasteiger partial charge in [0.25, 0.3) is 5.56 Å². The van der Waals surface area contributed by atoms with E-state index in [1.165, 1.54) is 4.68 Å². The number of fused-ring (bicyclic) bond motifs is 2. The topological polar surface area (TPSA) is 88.1 Å². The molecule has 0 spiro atoms. The first-order valence-electron chi connectivity index (χ1n) is 13.8. The van der Waals surface area contributed by atoms with E-state index in [-0.39, 0.29) is 11.4 Å². The van der Waals surface area contributed by atoms with Gasteiger partial charge in [-0.2, -0.15) is 9.78 Å². The van der Waals surface area contributed by atoms with Crippen molar-refractivity contribution in [3.8, 4) is 28.8 Å². The Bertz CT molecular complexity index is 2080. The maximum Gasteiger partial charge on any atom is 0.282 e. The Labute approximate surface area is 258 Å². The summed E-state index contributed by atoms with van der Waals surface area (Å²) in [6.45, 7) is 4.23. The molecule has 0 saturated carbocycles. The fraction of sp³-hybridized carbons (Fsp3) is 0.114. The van der Waals surface area contributed by atoms with Crippen LogP contribution in [-0.4, -0.2) is 30.1 Å². The van der Waals surface area contributed by atoms with Crippen LogP contribution >= 0.6 is 11.6 Å². The lowest BCUT2D eigenvalue weighted by atomic mass is 10.1. The van der Waals surface area contributed by atoms with Gasteiger partial charge >= 0.3 is 0 Å². The Morgan fingerprint density at radius 3 is 2.52 bits per heavy atom. The lowest BCUT2D eigenvalue weighted by molar-refractivity contribution is 0.282. The summed E-state index contributed by atoms with van der Waals surface area (Å²) in [5.74, 6) is 2.40. The van der Waals surface area contributed by atoms with E-state index in [4.69, 9.17) is 35.2 Å². The maximum absolute atomic E-state index is 13.7. The first-order valence-corrected chi connectivity index (χ1v) is 14.2. The van der Waals surface area contributed by atoms with Crippen molar-refractivity contribution in [3.05, 3.63) is 130 Å². The third-order valence-electron chi connectivity index (χ3n) is 7.07. The molecule has 0 atom stereocenters. The summed E-state index contributed by atoms with van der Waals surface area (Å²) in [5, 5.41) is 6.46. The van der Waals surface area contributed by atoms with Gasteiger partial charge in [0.1, 0.15) is 17.9 Å². The van der Waals surface area contributed by atoms with Crippen molar-refractivity contribution in [2.75, 3.05) is 14.2 Å². The Kier molecular flexibility index (Phi) is 8.16. The lowest BCUT2D eigenvalue weighted by Gasteiger charge is -2.16. The minimum atomic E-state index is -0.338. The van der Waals surface area contributed by atoms with E-state index in [0.717, 1.165) is 16.5 Å². The summed E-state index contributed by atoms with van der Waals surface area (Å²) in [5.41, 5.74) is 3.30. The zero-order valence-corrected chi connectivity index (χ0v) is 24.9. The molecule has 0 aliphatic rings. The van der Waals surface area contributed by atoms with Gasteiger partial charge in [0, 0.05) is 10.6 Å². The summed E-state index contributed by atoms with van der Waals surface area (Å²) in [4.78, 5) is 18.5. The monoisotopic (exact) mass is 605 g/mol. The first-order chi connectivity index (χ1) is 21.5. The molecular formula is C35H28ClN3O5. The van der Waals surface area contributed by atoms with Gasteiger partial charge in [-0.05, 0) is 72.1 Å². The standard InChI is InChI=1S/C35H28ClN3O5/c1-4-8-24-17-23(18-31(42-3)33(24)43-21-22-13-15-25(36)16-14-22)20-37-39-34(38-28-10-6-5-9-26(28)35(39)40)32-19-27-29(41-2)11-7-12-30(27)44-32/h4-7,9-20H,1,8,21H2,2-3H3. The van der Waals surface area contributed by atoms with Crippen molar-refractivity contribution in [1.82, 2.24) is 9.66 Å². The molecular weight excluding hydrogens is 578 g/mol. The van der Waals surface area contributed by atoms with Crippen LogP contribution in [0.4, 0.5) is 0 Å². The van der Waals surface area contributed by atoms with Crippen LogP contribution in [0.15, 0.2) is 112 Å². The Hall–Kier alpha value is -5.34. The van der Waals surface area contributed by atoms with Crippen molar-refractivity contribution >= 4 is 39.7 Å². The molecule has 0 N–H and O–H groups in total. The fourth-order valence-corrected chi connectivity index (χ4v) is 5.08. The summed E-state index contributed by atoms with van der Waals surface area (Å²) in [6.07, 6.45) is 3.90. The highest BCUT2D eigenvalue weighted by atomic mass is 35.5. The number of rotatable bonds is 10. The second-order valence-corrected chi connectivity index (χ2v) is 10.4. The molecule has 220 valence electrons. The minimum absolute atomic E-state index is 0.254. The van der Waals surface area contributed by atoms with Gasteiger partial charge in [-0.15, -0.1) is 6.58 Å². The number of benzene rings is 4. The molecule has 0 unspecified atom stereocenters. The molecule has 0 amide bonds.